The number of hydrogen-bond donors (Lipinski definition) is 1. The van der Waals surface area contributed by atoms with Crippen LogP contribution in [0.4, 0.5) is 5.95 Å². The van der Waals surface area contributed by atoms with Gasteiger partial charge in [0.2, 0.25) is 5.95 Å². The van der Waals surface area contributed by atoms with E-state index in [-0.39, 0.29) is 11.6 Å². The summed E-state index contributed by atoms with van der Waals surface area (Å²) in [5.41, 5.74) is 4.65. The minimum atomic E-state index is -0.208. The van der Waals surface area contributed by atoms with Crippen LogP contribution in [0.25, 0.3) is 33.4 Å². The summed E-state index contributed by atoms with van der Waals surface area (Å²) >= 11 is 6.76. The van der Waals surface area contributed by atoms with E-state index in [1.165, 1.54) is 0 Å². The van der Waals surface area contributed by atoms with E-state index in [4.69, 9.17) is 21.3 Å². The van der Waals surface area contributed by atoms with Crippen LogP contribution in [0.15, 0.2) is 72.2 Å². The number of halogens is 1. The normalized spacial score (nSPS) is 15.2. The summed E-state index contributed by atoms with van der Waals surface area (Å²) < 4.78 is 7.11. The van der Waals surface area contributed by atoms with Crippen LogP contribution in [0.3, 0.4) is 0 Å². The lowest BCUT2D eigenvalue weighted by molar-refractivity contribution is 0.195. The molecule has 0 spiro atoms. The van der Waals surface area contributed by atoms with Crippen LogP contribution < -0.4 is 10.9 Å². The van der Waals surface area contributed by atoms with Crippen molar-refractivity contribution in [1.29, 1.82) is 0 Å². The predicted octanol–water partition coefficient (Wildman–Crippen LogP) is 4.52. The molecule has 1 aliphatic heterocycles. The number of nitrogens with zero attached hydrogens (tertiary/aromatic N) is 6. The van der Waals surface area contributed by atoms with Crippen LogP contribution in [-0.2, 0) is 11.3 Å². The summed E-state index contributed by atoms with van der Waals surface area (Å²) in [7, 11) is 0. The quantitative estimate of drug-likeness (QED) is 0.345. The van der Waals surface area contributed by atoms with Crippen molar-refractivity contribution in [3.63, 3.8) is 0 Å². The van der Waals surface area contributed by atoms with Crippen molar-refractivity contribution in [2.75, 3.05) is 18.5 Å². The maximum absolute atomic E-state index is 14.0. The molecule has 6 rings (SSSR count). The van der Waals surface area contributed by atoms with Gasteiger partial charge in [-0.1, -0.05) is 29.8 Å². The number of aromatic nitrogens is 6. The number of rotatable bonds is 6. The number of benzene rings is 1. The van der Waals surface area contributed by atoms with Gasteiger partial charge >= 0.3 is 0 Å². The molecule has 0 saturated carbocycles. The van der Waals surface area contributed by atoms with Gasteiger partial charge in [0.05, 0.1) is 30.6 Å². The Labute approximate surface area is 223 Å². The fourth-order valence-corrected chi connectivity index (χ4v) is 4.93. The third-order valence-electron chi connectivity index (χ3n) is 6.57. The summed E-state index contributed by atoms with van der Waals surface area (Å²) in [6.07, 6.45) is 9.35. The van der Waals surface area contributed by atoms with Gasteiger partial charge in [-0.15, -0.1) is 0 Å². The number of aryl methyl sites for hydroxylation is 1. The summed E-state index contributed by atoms with van der Waals surface area (Å²) in [6, 6.07) is 11.3. The Bertz CT molecular complexity index is 1680. The molecule has 0 bridgehead atoms. The van der Waals surface area contributed by atoms with E-state index in [0.29, 0.717) is 47.5 Å². The third-order valence-corrected chi connectivity index (χ3v) is 6.88. The number of anilines is 1. The van der Waals surface area contributed by atoms with Crippen molar-refractivity contribution in [2.45, 2.75) is 25.9 Å². The summed E-state index contributed by atoms with van der Waals surface area (Å²) in [4.78, 5) is 36.2. The van der Waals surface area contributed by atoms with E-state index < -0.39 is 0 Å². The molecule has 1 N–H and O–H groups in total. The molecule has 1 aliphatic rings. The molecule has 1 fully saturated rings. The number of nitrogens with one attached hydrogen (secondary N) is 1. The van der Waals surface area contributed by atoms with Gasteiger partial charge in [0.15, 0.2) is 0 Å². The third kappa shape index (κ3) is 4.73. The van der Waals surface area contributed by atoms with Crippen molar-refractivity contribution in [1.82, 2.24) is 29.5 Å². The second kappa shape index (κ2) is 10.3. The number of hydrogen-bond acceptors (Lipinski definition) is 8. The number of pyridine rings is 2. The lowest BCUT2D eigenvalue weighted by Crippen LogP contribution is -2.25. The van der Waals surface area contributed by atoms with Crippen molar-refractivity contribution in [3.8, 4) is 22.4 Å². The van der Waals surface area contributed by atoms with Gasteiger partial charge in [-0.25, -0.2) is 4.98 Å². The lowest BCUT2D eigenvalue weighted by atomic mass is 10.0. The van der Waals surface area contributed by atoms with E-state index >= 15 is 0 Å². The molecule has 1 atom stereocenters. The zero-order valence-electron chi connectivity index (χ0n) is 20.6. The van der Waals surface area contributed by atoms with Gasteiger partial charge in [-0.3, -0.25) is 24.3 Å². The van der Waals surface area contributed by atoms with Gasteiger partial charge in [0.1, 0.15) is 5.65 Å². The molecule has 10 heteroatoms. The van der Waals surface area contributed by atoms with Crippen molar-refractivity contribution in [2.24, 2.45) is 0 Å². The molecular weight excluding hydrogens is 502 g/mol. The Morgan fingerprint density at radius 1 is 1.08 bits per heavy atom. The van der Waals surface area contributed by atoms with Crippen LogP contribution in [-0.4, -0.2) is 48.7 Å². The summed E-state index contributed by atoms with van der Waals surface area (Å²) in [6.45, 7) is 3.50. The highest BCUT2D eigenvalue weighted by Crippen LogP contribution is 2.32. The molecule has 1 aromatic carbocycles. The van der Waals surface area contributed by atoms with Gasteiger partial charge in [0, 0.05) is 64.7 Å². The molecule has 0 unspecified atom stereocenters. The van der Waals surface area contributed by atoms with Crippen LogP contribution in [0.1, 0.15) is 17.7 Å². The molecule has 5 aromatic rings. The topological polar surface area (TPSA) is 108 Å². The lowest BCUT2D eigenvalue weighted by Gasteiger charge is -2.16. The van der Waals surface area contributed by atoms with Crippen molar-refractivity contribution >= 4 is 28.6 Å². The van der Waals surface area contributed by atoms with E-state index in [1.54, 1.807) is 41.6 Å². The van der Waals surface area contributed by atoms with E-state index in [9.17, 15) is 4.79 Å². The van der Waals surface area contributed by atoms with Gasteiger partial charge in [0.25, 0.3) is 5.56 Å². The molecule has 0 amide bonds. The summed E-state index contributed by atoms with van der Waals surface area (Å²) in [5.74, 6) is 0.460. The maximum Gasteiger partial charge on any atom is 0.260 e. The average molecular weight is 526 g/mol. The SMILES string of the molecule is Cc1nccnc1-c1ccc(-c2cc3cnc(N[C@@H]4CCOC4)nc3n(Cc3cccnc3)c2=O)c(Cl)c1. The van der Waals surface area contributed by atoms with Crippen LogP contribution in [0, 0.1) is 6.92 Å². The molecule has 190 valence electrons. The first-order valence-corrected chi connectivity index (χ1v) is 12.7. The first kappa shape index (κ1) is 24.1. The highest BCUT2D eigenvalue weighted by Gasteiger charge is 2.19. The molecule has 38 heavy (non-hydrogen) atoms. The van der Waals surface area contributed by atoms with Crippen molar-refractivity contribution in [3.05, 3.63) is 94.0 Å². The standard InChI is InChI=1S/C28H24ClN7O2/c1-17-25(32-9-8-31-17)19-4-5-22(24(29)12-19)23-11-20-14-33-28(34-21-6-10-38-16-21)35-26(20)36(27(23)37)15-18-3-2-7-30-13-18/h2-5,7-9,11-14,21H,6,10,15-16H2,1H3,(H,33,34,35)/t21-/m1/s1. The summed E-state index contributed by atoms with van der Waals surface area (Å²) in [5, 5.41) is 4.48. The Morgan fingerprint density at radius 2 is 1.97 bits per heavy atom. The molecule has 0 radical (unpaired) electrons. The Morgan fingerprint density at radius 3 is 2.74 bits per heavy atom. The number of fused-ring (bicyclic) bond motifs is 1. The average Bonchev–Trinajstić information content (AvgIpc) is 3.44. The maximum atomic E-state index is 14.0. The van der Waals surface area contributed by atoms with Crippen LogP contribution >= 0.6 is 11.6 Å². The minimum absolute atomic E-state index is 0.139. The fourth-order valence-electron chi connectivity index (χ4n) is 4.65. The second-order valence-corrected chi connectivity index (χ2v) is 9.58. The molecule has 4 aromatic heterocycles. The highest BCUT2D eigenvalue weighted by molar-refractivity contribution is 6.33. The first-order chi connectivity index (χ1) is 18.6. The van der Waals surface area contributed by atoms with E-state index in [0.717, 1.165) is 34.3 Å². The fraction of sp³-hybridized carbons (Fsp3) is 0.214. The zero-order valence-corrected chi connectivity index (χ0v) is 21.4. The van der Waals surface area contributed by atoms with E-state index in [2.05, 4.69) is 25.3 Å². The highest BCUT2D eigenvalue weighted by atomic mass is 35.5. The smallest absolute Gasteiger partial charge is 0.260 e. The molecule has 5 heterocycles. The van der Waals surface area contributed by atoms with E-state index in [1.807, 2.05) is 37.3 Å². The molecule has 1 saturated heterocycles. The molecule has 9 nitrogen and oxygen atoms in total. The monoisotopic (exact) mass is 525 g/mol. The van der Waals surface area contributed by atoms with Gasteiger partial charge in [-0.2, -0.15) is 4.98 Å². The van der Waals surface area contributed by atoms with Crippen LogP contribution in [0.5, 0.6) is 0 Å². The zero-order chi connectivity index (χ0) is 26.1. The number of ether oxygens (including phenoxy) is 1. The second-order valence-electron chi connectivity index (χ2n) is 9.17. The Kier molecular flexibility index (Phi) is 6.53. The first-order valence-electron chi connectivity index (χ1n) is 12.3. The van der Waals surface area contributed by atoms with Gasteiger partial charge < -0.3 is 10.1 Å². The van der Waals surface area contributed by atoms with Crippen molar-refractivity contribution < 1.29 is 4.74 Å². The molecular formula is C28H24ClN7O2. The molecule has 0 aliphatic carbocycles. The largest absolute Gasteiger partial charge is 0.379 e. The Hall–Kier alpha value is -4.21. The minimum Gasteiger partial charge on any atom is -0.379 e. The van der Waals surface area contributed by atoms with Gasteiger partial charge in [-0.05, 0) is 37.1 Å². The van der Waals surface area contributed by atoms with Crippen LogP contribution in [0.2, 0.25) is 5.02 Å². The Balaban J connectivity index is 1.47. The predicted molar refractivity (Wildman–Crippen MR) is 146 cm³/mol.